The summed E-state index contributed by atoms with van der Waals surface area (Å²) in [5.41, 5.74) is 0. The third-order valence-corrected chi connectivity index (χ3v) is 5.72. The molecule has 0 amide bonds. The molecule has 1 aliphatic carbocycles. The average Bonchev–Trinajstić information content (AvgIpc) is 2.61. The first-order valence-electron chi connectivity index (χ1n) is 11.5. The Morgan fingerprint density at radius 3 is 1.72 bits per heavy atom. The summed E-state index contributed by atoms with van der Waals surface area (Å²) < 4.78 is 12.3. The van der Waals surface area contributed by atoms with Crippen LogP contribution in [-0.2, 0) is 9.47 Å². The molecule has 0 bridgehead atoms. The Balaban J connectivity index is 1.96. The van der Waals surface area contributed by atoms with Crippen LogP contribution in [0, 0.1) is 5.92 Å². The second-order valence-corrected chi connectivity index (χ2v) is 8.23. The molecule has 0 aromatic carbocycles. The fourth-order valence-electron chi connectivity index (χ4n) is 3.97. The summed E-state index contributed by atoms with van der Waals surface area (Å²) in [4.78, 5) is 0. The molecule has 0 N–H and O–H groups in total. The quantitative estimate of drug-likeness (QED) is 0.271. The van der Waals surface area contributed by atoms with E-state index in [1.807, 2.05) is 0 Å². The number of hydrogen-bond acceptors (Lipinski definition) is 2. The summed E-state index contributed by atoms with van der Waals surface area (Å²) in [7, 11) is 0. The largest absolute Gasteiger partial charge is 0.378 e. The standard InChI is InChI=1S/C23H46O2/c1-4-6-8-10-12-14-18-24-22-16-17-23(21(3)20-22)25-19-15-13-11-9-7-5-2/h21-23H,4-20H2,1-3H3. The van der Waals surface area contributed by atoms with Gasteiger partial charge in [-0.15, -0.1) is 0 Å². The zero-order valence-electron chi connectivity index (χ0n) is 17.6. The Labute approximate surface area is 158 Å². The molecule has 1 aliphatic rings. The summed E-state index contributed by atoms with van der Waals surface area (Å²) in [6.07, 6.45) is 20.7. The summed E-state index contributed by atoms with van der Waals surface area (Å²) >= 11 is 0. The van der Waals surface area contributed by atoms with Gasteiger partial charge in [0, 0.05) is 13.2 Å². The molecule has 2 heteroatoms. The molecule has 3 unspecified atom stereocenters. The Kier molecular flexibility index (Phi) is 14.8. The highest BCUT2D eigenvalue weighted by atomic mass is 16.5. The zero-order valence-corrected chi connectivity index (χ0v) is 17.6. The highest BCUT2D eigenvalue weighted by Crippen LogP contribution is 2.29. The van der Waals surface area contributed by atoms with Crippen LogP contribution in [0.3, 0.4) is 0 Å². The minimum absolute atomic E-state index is 0.476. The maximum atomic E-state index is 6.18. The molecule has 2 nitrogen and oxygen atoms in total. The van der Waals surface area contributed by atoms with Gasteiger partial charge in [0.25, 0.3) is 0 Å². The van der Waals surface area contributed by atoms with Gasteiger partial charge in [-0.3, -0.25) is 0 Å². The molecule has 0 aromatic rings. The number of unbranched alkanes of at least 4 members (excludes halogenated alkanes) is 10. The van der Waals surface area contributed by atoms with E-state index in [0.29, 0.717) is 18.1 Å². The van der Waals surface area contributed by atoms with Gasteiger partial charge in [-0.25, -0.2) is 0 Å². The van der Waals surface area contributed by atoms with Gasteiger partial charge in [-0.2, -0.15) is 0 Å². The van der Waals surface area contributed by atoms with Crippen molar-refractivity contribution in [3.05, 3.63) is 0 Å². The first-order valence-corrected chi connectivity index (χ1v) is 11.5. The van der Waals surface area contributed by atoms with Crippen LogP contribution in [0.4, 0.5) is 0 Å². The Bertz CT molecular complexity index is 279. The van der Waals surface area contributed by atoms with Gasteiger partial charge >= 0.3 is 0 Å². The minimum Gasteiger partial charge on any atom is -0.378 e. The molecule has 1 rings (SSSR count). The molecule has 0 spiro atoms. The SMILES string of the molecule is CCCCCCCCOC1CCC(OCCCCCCCC)C(C)C1. The first-order chi connectivity index (χ1) is 12.3. The fourth-order valence-corrected chi connectivity index (χ4v) is 3.97. The van der Waals surface area contributed by atoms with Gasteiger partial charge in [0.2, 0.25) is 0 Å². The van der Waals surface area contributed by atoms with E-state index in [1.54, 1.807) is 0 Å². The summed E-state index contributed by atoms with van der Waals surface area (Å²) in [6.45, 7) is 8.83. The first kappa shape index (κ1) is 23.0. The van der Waals surface area contributed by atoms with Gasteiger partial charge in [-0.1, -0.05) is 85.0 Å². The van der Waals surface area contributed by atoms with Crippen molar-refractivity contribution in [1.82, 2.24) is 0 Å². The van der Waals surface area contributed by atoms with Crippen LogP contribution >= 0.6 is 0 Å². The third kappa shape index (κ3) is 12.0. The van der Waals surface area contributed by atoms with Crippen LogP contribution in [0.15, 0.2) is 0 Å². The maximum absolute atomic E-state index is 6.18. The van der Waals surface area contributed by atoms with Crippen molar-refractivity contribution in [2.75, 3.05) is 13.2 Å². The van der Waals surface area contributed by atoms with Crippen LogP contribution < -0.4 is 0 Å². The van der Waals surface area contributed by atoms with Crippen molar-refractivity contribution < 1.29 is 9.47 Å². The molecule has 150 valence electrons. The van der Waals surface area contributed by atoms with E-state index >= 15 is 0 Å². The lowest BCUT2D eigenvalue weighted by Crippen LogP contribution is -2.33. The molecule has 1 fully saturated rings. The van der Waals surface area contributed by atoms with Gasteiger partial charge in [-0.05, 0) is 38.0 Å². The van der Waals surface area contributed by atoms with Crippen LogP contribution in [0.5, 0.6) is 0 Å². The lowest BCUT2D eigenvalue weighted by molar-refractivity contribution is -0.0606. The predicted octanol–water partition coefficient (Wildman–Crippen LogP) is 7.30. The van der Waals surface area contributed by atoms with Crippen molar-refractivity contribution in [2.45, 2.75) is 129 Å². The predicted molar refractivity (Wildman–Crippen MR) is 109 cm³/mol. The Morgan fingerprint density at radius 2 is 1.16 bits per heavy atom. The van der Waals surface area contributed by atoms with Gasteiger partial charge in [0.15, 0.2) is 0 Å². The van der Waals surface area contributed by atoms with E-state index in [0.717, 1.165) is 13.2 Å². The minimum atomic E-state index is 0.476. The van der Waals surface area contributed by atoms with Crippen molar-refractivity contribution in [1.29, 1.82) is 0 Å². The monoisotopic (exact) mass is 354 g/mol. The molecule has 0 saturated heterocycles. The fraction of sp³-hybridized carbons (Fsp3) is 1.00. The molecular formula is C23H46O2. The van der Waals surface area contributed by atoms with Crippen LogP contribution in [0.2, 0.25) is 0 Å². The topological polar surface area (TPSA) is 18.5 Å². The molecule has 1 saturated carbocycles. The molecule has 25 heavy (non-hydrogen) atoms. The summed E-state index contributed by atoms with van der Waals surface area (Å²) in [6, 6.07) is 0. The van der Waals surface area contributed by atoms with Crippen LogP contribution in [0.1, 0.15) is 117 Å². The lowest BCUT2D eigenvalue weighted by Gasteiger charge is -2.34. The lowest BCUT2D eigenvalue weighted by atomic mass is 9.86. The van der Waals surface area contributed by atoms with Crippen LogP contribution in [-0.4, -0.2) is 25.4 Å². The average molecular weight is 355 g/mol. The van der Waals surface area contributed by atoms with Gasteiger partial charge < -0.3 is 9.47 Å². The van der Waals surface area contributed by atoms with Gasteiger partial charge in [0.05, 0.1) is 12.2 Å². The van der Waals surface area contributed by atoms with Crippen LogP contribution in [0.25, 0.3) is 0 Å². The summed E-state index contributed by atoms with van der Waals surface area (Å²) in [5, 5.41) is 0. The molecule has 0 aliphatic heterocycles. The molecule has 0 heterocycles. The molecular weight excluding hydrogens is 308 g/mol. The van der Waals surface area contributed by atoms with Crippen molar-refractivity contribution in [3.8, 4) is 0 Å². The Hall–Kier alpha value is -0.0800. The highest BCUT2D eigenvalue weighted by Gasteiger charge is 2.28. The molecule has 0 aromatic heterocycles. The van der Waals surface area contributed by atoms with E-state index in [1.165, 1.54) is 96.3 Å². The van der Waals surface area contributed by atoms with E-state index in [9.17, 15) is 0 Å². The second kappa shape index (κ2) is 16.1. The number of rotatable bonds is 16. The van der Waals surface area contributed by atoms with Crippen molar-refractivity contribution in [3.63, 3.8) is 0 Å². The van der Waals surface area contributed by atoms with E-state index in [-0.39, 0.29) is 0 Å². The van der Waals surface area contributed by atoms with E-state index in [4.69, 9.17) is 9.47 Å². The molecule has 3 atom stereocenters. The van der Waals surface area contributed by atoms with E-state index < -0.39 is 0 Å². The number of hydrogen-bond donors (Lipinski definition) is 0. The highest BCUT2D eigenvalue weighted by molar-refractivity contribution is 4.79. The Morgan fingerprint density at radius 1 is 0.640 bits per heavy atom. The van der Waals surface area contributed by atoms with Crippen molar-refractivity contribution in [2.24, 2.45) is 5.92 Å². The number of ether oxygens (including phenoxy) is 2. The van der Waals surface area contributed by atoms with Gasteiger partial charge in [0.1, 0.15) is 0 Å². The zero-order chi connectivity index (χ0) is 18.2. The second-order valence-electron chi connectivity index (χ2n) is 8.23. The maximum Gasteiger partial charge on any atom is 0.0602 e. The van der Waals surface area contributed by atoms with Crippen molar-refractivity contribution >= 4 is 0 Å². The molecule has 0 radical (unpaired) electrons. The third-order valence-electron chi connectivity index (χ3n) is 5.72. The smallest absolute Gasteiger partial charge is 0.0602 e. The summed E-state index contributed by atoms with van der Waals surface area (Å²) in [5.74, 6) is 0.656. The normalized spacial score (nSPS) is 23.9. The van der Waals surface area contributed by atoms with E-state index in [2.05, 4.69) is 20.8 Å².